The Labute approximate surface area is 228 Å². The number of ether oxygens (including phenoxy) is 6. The molecule has 4 rings (SSSR count). The van der Waals surface area contributed by atoms with Crippen LogP contribution in [0.15, 0.2) is 91.0 Å². The second-order valence-corrected chi connectivity index (χ2v) is 9.24. The van der Waals surface area contributed by atoms with Crippen molar-refractivity contribution in [1.29, 1.82) is 0 Å². The van der Waals surface area contributed by atoms with Gasteiger partial charge in [0.2, 0.25) is 6.29 Å². The van der Waals surface area contributed by atoms with E-state index in [9.17, 15) is 9.59 Å². The third-order valence-electron chi connectivity index (χ3n) is 6.18. The molecule has 8 heteroatoms. The van der Waals surface area contributed by atoms with Crippen molar-refractivity contribution in [1.82, 2.24) is 0 Å². The molecule has 8 nitrogen and oxygen atoms in total. The van der Waals surface area contributed by atoms with Gasteiger partial charge in [0.1, 0.15) is 31.0 Å². The minimum absolute atomic E-state index is 0.108. The fraction of sp³-hybridized carbons (Fsp3) is 0.355. The maximum absolute atomic E-state index is 12.1. The summed E-state index contributed by atoms with van der Waals surface area (Å²) in [5.41, 5.74) is 2.84. The summed E-state index contributed by atoms with van der Waals surface area (Å²) in [5, 5.41) is 0. The molecule has 1 unspecified atom stereocenters. The van der Waals surface area contributed by atoms with Crippen molar-refractivity contribution in [3.8, 4) is 0 Å². The molecule has 0 spiro atoms. The Morgan fingerprint density at radius 3 is 1.49 bits per heavy atom. The first-order valence-corrected chi connectivity index (χ1v) is 12.9. The van der Waals surface area contributed by atoms with Crippen molar-refractivity contribution in [3.63, 3.8) is 0 Å². The molecule has 0 amide bonds. The lowest BCUT2D eigenvalue weighted by atomic mass is 9.97. The van der Waals surface area contributed by atoms with Crippen LogP contribution in [-0.4, -0.2) is 49.3 Å². The molecule has 1 saturated heterocycles. The van der Waals surface area contributed by atoms with Crippen molar-refractivity contribution >= 4 is 11.9 Å². The molecule has 3 aromatic rings. The van der Waals surface area contributed by atoms with Gasteiger partial charge in [-0.05, 0) is 16.7 Å². The van der Waals surface area contributed by atoms with E-state index in [1.165, 1.54) is 13.8 Å². The van der Waals surface area contributed by atoms with E-state index >= 15 is 0 Å². The van der Waals surface area contributed by atoms with E-state index in [4.69, 9.17) is 28.4 Å². The maximum atomic E-state index is 12.1. The lowest BCUT2D eigenvalue weighted by Crippen LogP contribution is -2.62. The molecule has 5 atom stereocenters. The average molecular weight is 535 g/mol. The van der Waals surface area contributed by atoms with Gasteiger partial charge in [-0.1, -0.05) is 91.0 Å². The SMILES string of the molecule is CC(=O)OC[C@H]1OC(OC(C)=O)[C@@H](OCc2ccccc2)[C@@H](OCc2ccccc2)[C@@H]1OCc1ccccc1. The molecule has 1 fully saturated rings. The minimum atomic E-state index is -1.11. The molecule has 3 aromatic carbocycles. The molecule has 0 N–H and O–H groups in total. The smallest absolute Gasteiger partial charge is 0.305 e. The molecule has 0 aromatic heterocycles. The molecule has 0 saturated carbocycles. The van der Waals surface area contributed by atoms with Crippen LogP contribution in [0.1, 0.15) is 30.5 Å². The van der Waals surface area contributed by atoms with E-state index in [-0.39, 0.29) is 26.4 Å². The van der Waals surface area contributed by atoms with Crippen LogP contribution in [0.5, 0.6) is 0 Å². The number of esters is 2. The standard InChI is InChI=1S/C31H34O8/c1-22(32)34-21-27-28(35-18-24-12-6-3-7-13-24)29(36-19-25-14-8-4-9-15-25)30(31(39-27)38-23(2)33)37-20-26-16-10-5-11-17-26/h3-17,27-31H,18-21H2,1-2H3/t27-,28-,29+,30+,31?/m1/s1. The first kappa shape index (κ1) is 28.4. The molecule has 1 aliphatic heterocycles. The second kappa shape index (κ2) is 14.6. The van der Waals surface area contributed by atoms with Gasteiger partial charge in [0, 0.05) is 13.8 Å². The molecule has 206 valence electrons. The van der Waals surface area contributed by atoms with Crippen LogP contribution >= 0.6 is 0 Å². The van der Waals surface area contributed by atoms with Gasteiger partial charge in [-0.2, -0.15) is 0 Å². The van der Waals surface area contributed by atoms with Crippen molar-refractivity contribution in [2.24, 2.45) is 0 Å². The Morgan fingerprint density at radius 1 is 0.615 bits per heavy atom. The van der Waals surface area contributed by atoms with Crippen molar-refractivity contribution < 1.29 is 38.0 Å². The Morgan fingerprint density at radius 2 is 1.05 bits per heavy atom. The zero-order valence-corrected chi connectivity index (χ0v) is 22.1. The highest BCUT2D eigenvalue weighted by Crippen LogP contribution is 2.31. The summed E-state index contributed by atoms with van der Waals surface area (Å²) in [7, 11) is 0. The highest BCUT2D eigenvalue weighted by Gasteiger charge is 2.50. The molecule has 0 bridgehead atoms. The fourth-order valence-corrected chi connectivity index (χ4v) is 4.34. The first-order chi connectivity index (χ1) is 19.0. The minimum Gasteiger partial charge on any atom is -0.463 e. The summed E-state index contributed by atoms with van der Waals surface area (Å²) in [6.07, 6.45) is -4.15. The Kier molecular flexibility index (Phi) is 10.6. The summed E-state index contributed by atoms with van der Waals surface area (Å²) in [4.78, 5) is 23.8. The topological polar surface area (TPSA) is 89.5 Å². The number of hydrogen-bond acceptors (Lipinski definition) is 8. The number of carbonyl (C=O) groups excluding carboxylic acids is 2. The van der Waals surface area contributed by atoms with Gasteiger partial charge >= 0.3 is 11.9 Å². The van der Waals surface area contributed by atoms with Gasteiger partial charge in [0.05, 0.1) is 19.8 Å². The summed E-state index contributed by atoms with van der Waals surface area (Å²) in [6, 6.07) is 29.1. The Hall–Kier alpha value is -3.56. The van der Waals surface area contributed by atoms with E-state index in [0.717, 1.165) is 16.7 Å². The van der Waals surface area contributed by atoms with Crippen molar-refractivity contribution in [3.05, 3.63) is 108 Å². The van der Waals surface area contributed by atoms with Gasteiger partial charge in [-0.3, -0.25) is 9.59 Å². The van der Waals surface area contributed by atoms with Crippen molar-refractivity contribution in [2.45, 2.75) is 64.4 Å². The van der Waals surface area contributed by atoms with E-state index in [0.29, 0.717) is 0 Å². The summed E-state index contributed by atoms with van der Waals surface area (Å²) in [6.45, 7) is 3.27. The van der Waals surface area contributed by atoms with Gasteiger partial charge in [-0.15, -0.1) is 0 Å². The maximum Gasteiger partial charge on any atom is 0.305 e. The number of benzene rings is 3. The lowest BCUT2D eigenvalue weighted by molar-refractivity contribution is -0.318. The third-order valence-corrected chi connectivity index (χ3v) is 6.18. The summed E-state index contributed by atoms with van der Waals surface area (Å²) in [5.74, 6) is -1.00. The van der Waals surface area contributed by atoms with E-state index in [2.05, 4.69) is 0 Å². The molecule has 39 heavy (non-hydrogen) atoms. The largest absolute Gasteiger partial charge is 0.463 e. The lowest BCUT2D eigenvalue weighted by Gasteiger charge is -2.45. The Balaban J connectivity index is 1.64. The molecular weight excluding hydrogens is 500 g/mol. The summed E-state index contributed by atoms with van der Waals surface area (Å²) < 4.78 is 36.2. The molecule has 0 aliphatic carbocycles. The number of carbonyl (C=O) groups is 2. The van der Waals surface area contributed by atoms with Crippen LogP contribution in [-0.2, 0) is 57.8 Å². The van der Waals surface area contributed by atoms with Gasteiger partial charge < -0.3 is 28.4 Å². The highest BCUT2D eigenvalue weighted by atomic mass is 16.7. The third kappa shape index (κ3) is 8.73. The first-order valence-electron chi connectivity index (χ1n) is 12.9. The zero-order chi connectivity index (χ0) is 27.5. The van der Waals surface area contributed by atoms with Crippen LogP contribution in [0.2, 0.25) is 0 Å². The molecule has 0 radical (unpaired) electrons. The normalized spacial score (nSPS) is 22.7. The summed E-state index contributed by atoms with van der Waals surface area (Å²) >= 11 is 0. The Bertz CT molecular complexity index is 1150. The van der Waals surface area contributed by atoms with Crippen LogP contribution in [0.3, 0.4) is 0 Å². The van der Waals surface area contributed by atoms with Crippen molar-refractivity contribution in [2.75, 3.05) is 6.61 Å². The predicted octanol–water partition coefficient (Wildman–Crippen LogP) is 4.59. The predicted molar refractivity (Wildman–Crippen MR) is 142 cm³/mol. The molecule has 1 heterocycles. The zero-order valence-electron chi connectivity index (χ0n) is 22.1. The van der Waals surface area contributed by atoms with Gasteiger partial charge in [-0.25, -0.2) is 0 Å². The molecule has 1 aliphatic rings. The van der Waals surface area contributed by atoms with Gasteiger partial charge in [0.15, 0.2) is 0 Å². The van der Waals surface area contributed by atoms with Crippen LogP contribution in [0.4, 0.5) is 0 Å². The quantitative estimate of drug-likeness (QED) is 0.312. The van der Waals surface area contributed by atoms with E-state index in [1.54, 1.807) is 0 Å². The highest BCUT2D eigenvalue weighted by molar-refractivity contribution is 5.66. The average Bonchev–Trinajstić information content (AvgIpc) is 2.95. The molecular formula is C31H34O8. The van der Waals surface area contributed by atoms with Crippen LogP contribution in [0, 0.1) is 0 Å². The fourth-order valence-electron chi connectivity index (χ4n) is 4.34. The van der Waals surface area contributed by atoms with Gasteiger partial charge in [0.25, 0.3) is 0 Å². The number of rotatable bonds is 12. The number of hydrogen-bond donors (Lipinski definition) is 0. The van der Waals surface area contributed by atoms with Crippen LogP contribution < -0.4 is 0 Å². The second-order valence-electron chi connectivity index (χ2n) is 9.24. The van der Waals surface area contributed by atoms with E-state index in [1.807, 2.05) is 91.0 Å². The monoisotopic (exact) mass is 534 g/mol. The van der Waals surface area contributed by atoms with E-state index < -0.39 is 42.6 Å². The van der Waals surface area contributed by atoms with Crippen LogP contribution in [0.25, 0.3) is 0 Å².